The molecule has 3 rings (SSSR count). The van der Waals surface area contributed by atoms with E-state index in [1.807, 2.05) is 34.9 Å². The molecule has 0 unspecified atom stereocenters. The summed E-state index contributed by atoms with van der Waals surface area (Å²) >= 11 is 2.27. The van der Waals surface area contributed by atoms with Gasteiger partial charge in [-0.15, -0.1) is 0 Å². The third-order valence-electron chi connectivity index (χ3n) is 3.19. The molecule has 1 aliphatic rings. The second-order valence-electron chi connectivity index (χ2n) is 4.52. The van der Waals surface area contributed by atoms with E-state index in [0.29, 0.717) is 11.7 Å². The number of benzene rings is 1. The minimum atomic E-state index is -0.848. The van der Waals surface area contributed by atoms with Crippen molar-refractivity contribution in [2.75, 3.05) is 0 Å². The molecule has 0 saturated heterocycles. The second-order valence-corrected chi connectivity index (χ2v) is 5.76. The maximum Gasteiger partial charge on any atom is 0.352 e. The summed E-state index contributed by atoms with van der Waals surface area (Å²) in [6.07, 6.45) is 2.15. The summed E-state index contributed by atoms with van der Waals surface area (Å²) in [5.74, 6) is -0.848. The Hall–Kier alpha value is -1.30. The topological polar surface area (TPSA) is 42.2 Å². The molecule has 0 aliphatic heterocycles. The van der Waals surface area contributed by atoms with E-state index in [-0.39, 0.29) is 0 Å². The Kier molecular flexibility index (Phi) is 2.89. The molecule has 1 fully saturated rings. The van der Waals surface area contributed by atoms with Gasteiger partial charge in [-0.25, -0.2) is 4.79 Å². The minimum Gasteiger partial charge on any atom is -0.477 e. The SMILES string of the molecule is O=C(O)c1ccc(-c2ccc(I)cc2)n1C1CC1. The van der Waals surface area contributed by atoms with Gasteiger partial charge >= 0.3 is 5.97 Å². The number of hydrogen-bond acceptors (Lipinski definition) is 1. The van der Waals surface area contributed by atoms with Crippen LogP contribution in [-0.4, -0.2) is 15.6 Å². The highest BCUT2D eigenvalue weighted by atomic mass is 127. The van der Waals surface area contributed by atoms with Gasteiger partial charge in [0, 0.05) is 15.3 Å². The standard InChI is InChI=1S/C14H12INO2/c15-10-3-1-9(2-4-10)12-7-8-13(14(17)18)16(12)11-5-6-11/h1-4,7-8,11H,5-6H2,(H,17,18). The summed E-state index contributed by atoms with van der Waals surface area (Å²) < 4.78 is 3.14. The number of rotatable bonds is 3. The quantitative estimate of drug-likeness (QED) is 0.853. The highest BCUT2D eigenvalue weighted by molar-refractivity contribution is 14.1. The molecule has 1 saturated carbocycles. The lowest BCUT2D eigenvalue weighted by Gasteiger charge is -2.10. The molecule has 1 aromatic carbocycles. The number of carbonyl (C=O) groups is 1. The van der Waals surface area contributed by atoms with Crippen molar-refractivity contribution < 1.29 is 9.90 Å². The number of hydrogen-bond donors (Lipinski definition) is 1. The summed E-state index contributed by atoms with van der Waals surface area (Å²) in [6, 6.07) is 12.1. The van der Waals surface area contributed by atoms with Crippen LogP contribution in [-0.2, 0) is 0 Å². The lowest BCUT2D eigenvalue weighted by atomic mass is 10.1. The van der Waals surface area contributed by atoms with Gasteiger partial charge in [-0.05, 0) is 65.3 Å². The zero-order valence-electron chi connectivity index (χ0n) is 9.64. The molecule has 3 nitrogen and oxygen atoms in total. The van der Waals surface area contributed by atoms with Crippen molar-refractivity contribution in [3.05, 3.63) is 45.7 Å². The molecule has 4 heteroatoms. The van der Waals surface area contributed by atoms with Crippen LogP contribution in [0.15, 0.2) is 36.4 Å². The Balaban J connectivity index is 2.11. The molecule has 0 amide bonds. The minimum absolute atomic E-state index is 0.361. The van der Waals surface area contributed by atoms with Crippen LogP contribution in [0.1, 0.15) is 29.4 Å². The predicted molar refractivity (Wildman–Crippen MR) is 77.8 cm³/mol. The van der Waals surface area contributed by atoms with Crippen molar-refractivity contribution in [1.29, 1.82) is 0 Å². The molecule has 0 radical (unpaired) electrons. The number of aromatic carboxylic acids is 1. The van der Waals surface area contributed by atoms with Crippen LogP contribution in [0.5, 0.6) is 0 Å². The summed E-state index contributed by atoms with van der Waals surface area (Å²) in [7, 11) is 0. The zero-order valence-corrected chi connectivity index (χ0v) is 11.8. The van der Waals surface area contributed by atoms with Crippen LogP contribution >= 0.6 is 22.6 Å². The number of aromatic nitrogens is 1. The van der Waals surface area contributed by atoms with Crippen molar-refractivity contribution in [2.45, 2.75) is 18.9 Å². The summed E-state index contributed by atoms with van der Waals surface area (Å²) in [5.41, 5.74) is 2.48. The molecule has 0 bridgehead atoms. The average Bonchev–Trinajstić information content (AvgIpc) is 3.09. The van der Waals surface area contributed by atoms with E-state index in [4.69, 9.17) is 0 Å². The molecule has 1 heterocycles. The third kappa shape index (κ3) is 2.05. The van der Waals surface area contributed by atoms with Crippen LogP contribution in [0.25, 0.3) is 11.3 Å². The first kappa shape index (κ1) is 11.8. The number of halogens is 1. The van der Waals surface area contributed by atoms with E-state index < -0.39 is 5.97 Å². The van der Waals surface area contributed by atoms with E-state index in [1.54, 1.807) is 6.07 Å². The highest BCUT2D eigenvalue weighted by Gasteiger charge is 2.29. The fourth-order valence-electron chi connectivity index (χ4n) is 2.20. The first-order chi connectivity index (χ1) is 8.66. The lowest BCUT2D eigenvalue weighted by molar-refractivity contribution is 0.0685. The molecular weight excluding hydrogens is 341 g/mol. The van der Waals surface area contributed by atoms with Gasteiger partial charge in [0.05, 0.1) is 0 Å². The Bertz CT molecular complexity index is 597. The molecule has 18 heavy (non-hydrogen) atoms. The summed E-state index contributed by atoms with van der Waals surface area (Å²) in [6.45, 7) is 0. The van der Waals surface area contributed by atoms with Gasteiger partial charge in [0.25, 0.3) is 0 Å². The van der Waals surface area contributed by atoms with E-state index in [9.17, 15) is 9.90 Å². The van der Waals surface area contributed by atoms with Crippen LogP contribution in [0.4, 0.5) is 0 Å². The first-order valence-corrected chi connectivity index (χ1v) is 6.95. The highest BCUT2D eigenvalue weighted by Crippen LogP contribution is 2.40. The number of carboxylic acids is 1. The maximum atomic E-state index is 11.2. The third-order valence-corrected chi connectivity index (χ3v) is 3.91. The molecule has 0 atom stereocenters. The Morgan fingerprint density at radius 2 is 1.83 bits per heavy atom. The molecule has 1 aliphatic carbocycles. The van der Waals surface area contributed by atoms with Crippen LogP contribution < -0.4 is 0 Å². The van der Waals surface area contributed by atoms with Gasteiger partial charge in [0.2, 0.25) is 0 Å². The van der Waals surface area contributed by atoms with Crippen LogP contribution in [0.2, 0.25) is 0 Å². The van der Waals surface area contributed by atoms with Crippen molar-refractivity contribution in [3.63, 3.8) is 0 Å². The summed E-state index contributed by atoms with van der Waals surface area (Å²) in [4.78, 5) is 11.2. The molecule has 1 N–H and O–H groups in total. The molecule has 92 valence electrons. The van der Waals surface area contributed by atoms with Gasteiger partial charge in [0.1, 0.15) is 5.69 Å². The fourth-order valence-corrected chi connectivity index (χ4v) is 2.56. The van der Waals surface area contributed by atoms with Crippen molar-refractivity contribution in [2.24, 2.45) is 0 Å². The van der Waals surface area contributed by atoms with E-state index in [0.717, 1.165) is 24.1 Å². The van der Waals surface area contributed by atoms with E-state index in [2.05, 4.69) is 22.6 Å². The van der Waals surface area contributed by atoms with Gasteiger partial charge in [-0.2, -0.15) is 0 Å². The molecule has 1 aromatic heterocycles. The van der Waals surface area contributed by atoms with Crippen molar-refractivity contribution in [1.82, 2.24) is 4.57 Å². The maximum absolute atomic E-state index is 11.2. The van der Waals surface area contributed by atoms with Crippen LogP contribution in [0, 0.1) is 3.57 Å². The average molecular weight is 353 g/mol. The second kappa shape index (κ2) is 4.42. The zero-order chi connectivity index (χ0) is 12.7. The Morgan fingerprint density at radius 3 is 2.39 bits per heavy atom. The fraction of sp³-hybridized carbons (Fsp3) is 0.214. The largest absolute Gasteiger partial charge is 0.477 e. The molecule has 0 spiro atoms. The Labute approximate surface area is 119 Å². The normalized spacial score (nSPS) is 14.7. The van der Waals surface area contributed by atoms with Gasteiger partial charge < -0.3 is 9.67 Å². The predicted octanol–water partition coefficient (Wildman–Crippen LogP) is 3.79. The monoisotopic (exact) mass is 353 g/mol. The van der Waals surface area contributed by atoms with Gasteiger partial charge in [-0.3, -0.25) is 0 Å². The number of carboxylic acid groups (broad SMARTS) is 1. The van der Waals surface area contributed by atoms with E-state index in [1.165, 1.54) is 3.57 Å². The van der Waals surface area contributed by atoms with Gasteiger partial charge in [0.15, 0.2) is 0 Å². The molecule has 2 aromatic rings. The van der Waals surface area contributed by atoms with Crippen molar-refractivity contribution in [3.8, 4) is 11.3 Å². The Morgan fingerprint density at radius 1 is 1.17 bits per heavy atom. The molecular formula is C14H12INO2. The van der Waals surface area contributed by atoms with Crippen LogP contribution in [0.3, 0.4) is 0 Å². The lowest BCUT2D eigenvalue weighted by Crippen LogP contribution is -2.08. The summed E-state index contributed by atoms with van der Waals surface area (Å²) in [5, 5.41) is 9.22. The first-order valence-electron chi connectivity index (χ1n) is 5.87. The van der Waals surface area contributed by atoms with E-state index >= 15 is 0 Å². The number of nitrogens with zero attached hydrogens (tertiary/aromatic N) is 1. The van der Waals surface area contributed by atoms with Crippen molar-refractivity contribution >= 4 is 28.6 Å². The van der Waals surface area contributed by atoms with Gasteiger partial charge in [-0.1, -0.05) is 12.1 Å². The smallest absolute Gasteiger partial charge is 0.352 e.